The number of aromatic nitrogens is 2. The van der Waals surface area contributed by atoms with E-state index in [9.17, 15) is 4.79 Å². The molecular formula is C23H23N3O3. The zero-order valence-electron chi connectivity index (χ0n) is 16.7. The van der Waals surface area contributed by atoms with E-state index >= 15 is 0 Å². The van der Waals surface area contributed by atoms with Gasteiger partial charge in [0.25, 0.3) is 0 Å². The lowest BCUT2D eigenvalue weighted by Gasteiger charge is -2.12. The van der Waals surface area contributed by atoms with Crippen LogP contribution in [0.3, 0.4) is 0 Å². The fourth-order valence-corrected chi connectivity index (χ4v) is 2.92. The molecule has 0 unspecified atom stereocenters. The molecule has 0 radical (unpaired) electrons. The van der Waals surface area contributed by atoms with Crippen molar-refractivity contribution in [2.45, 2.75) is 27.2 Å². The maximum absolute atomic E-state index is 12.5. The minimum atomic E-state index is -0.600. The molecule has 148 valence electrons. The van der Waals surface area contributed by atoms with Gasteiger partial charge in [-0.05, 0) is 63.1 Å². The minimum absolute atomic E-state index is 0.330. The first-order valence-electron chi connectivity index (χ1n) is 9.26. The predicted octanol–water partition coefficient (Wildman–Crippen LogP) is 5.60. The van der Waals surface area contributed by atoms with Gasteiger partial charge >= 0.3 is 6.09 Å². The number of hydrogen-bond donors (Lipinski definition) is 1. The zero-order valence-corrected chi connectivity index (χ0v) is 16.7. The van der Waals surface area contributed by atoms with E-state index < -0.39 is 6.09 Å². The summed E-state index contributed by atoms with van der Waals surface area (Å²) in [6.07, 6.45) is 12.6. The number of carbonyl (C=O) groups excluding carboxylic acids is 1. The minimum Gasteiger partial charge on any atom is -0.434 e. The molecule has 0 fully saturated rings. The van der Waals surface area contributed by atoms with Gasteiger partial charge in [0.2, 0.25) is 5.89 Å². The number of carbonyl (C=O) groups is 1. The molecular weight excluding hydrogens is 366 g/mol. The molecule has 0 aliphatic heterocycles. The fraction of sp³-hybridized carbons (Fsp3) is 0.174. The number of amides is 1. The van der Waals surface area contributed by atoms with Crippen molar-refractivity contribution < 1.29 is 13.9 Å². The van der Waals surface area contributed by atoms with Crippen LogP contribution in [0.4, 0.5) is 4.79 Å². The maximum atomic E-state index is 12.5. The molecule has 0 bridgehead atoms. The van der Waals surface area contributed by atoms with Crippen LogP contribution in [0.5, 0.6) is 0 Å². The molecule has 0 saturated carbocycles. The average Bonchev–Trinajstić information content (AvgIpc) is 3.05. The Morgan fingerprint density at radius 3 is 2.90 bits per heavy atom. The normalized spacial score (nSPS) is 15.2. The van der Waals surface area contributed by atoms with Crippen LogP contribution in [0.1, 0.15) is 33.1 Å². The van der Waals surface area contributed by atoms with Gasteiger partial charge in [0.05, 0.1) is 11.3 Å². The van der Waals surface area contributed by atoms with E-state index in [0.717, 1.165) is 12.0 Å². The van der Waals surface area contributed by atoms with Gasteiger partial charge < -0.3 is 9.15 Å². The average molecular weight is 389 g/mol. The van der Waals surface area contributed by atoms with Gasteiger partial charge in [-0.1, -0.05) is 30.4 Å². The molecule has 1 N–H and O–H groups in total. The van der Waals surface area contributed by atoms with Crippen LogP contribution in [0, 0.1) is 0 Å². The molecule has 0 saturated heterocycles. The van der Waals surface area contributed by atoms with Gasteiger partial charge in [0.1, 0.15) is 5.76 Å². The molecule has 2 aromatic rings. The lowest BCUT2D eigenvalue weighted by atomic mass is 10.1. The summed E-state index contributed by atoms with van der Waals surface area (Å²) >= 11 is 0. The highest BCUT2D eigenvalue weighted by Gasteiger charge is 2.18. The second kappa shape index (κ2) is 9.01. The molecule has 1 aliphatic rings. The zero-order chi connectivity index (χ0) is 20.8. The lowest BCUT2D eigenvalue weighted by Crippen LogP contribution is -2.24. The maximum Gasteiger partial charge on any atom is 0.417 e. The van der Waals surface area contributed by atoms with Gasteiger partial charge in [0.15, 0.2) is 11.2 Å². The van der Waals surface area contributed by atoms with Crippen molar-refractivity contribution in [2.24, 2.45) is 0 Å². The van der Waals surface area contributed by atoms with Crippen molar-refractivity contribution in [3.05, 3.63) is 89.9 Å². The molecule has 2 heterocycles. The van der Waals surface area contributed by atoms with E-state index in [1.54, 1.807) is 43.5 Å². The van der Waals surface area contributed by atoms with Crippen molar-refractivity contribution in [1.29, 1.82) is 0 Å². The molecule has 3 rings (SSSR count). The molecule has 6 heteroatoms. The van der Waals surface area contributed by atoms with Crippen molar-refractivity contribution in [2.75, 3.05) is 0 Å². The van der Waals surface area contributed by atoms with E-state index in [2.05, 4.69) is 27.9 Å². The molecule has 1 amide bonds. The first kappa shape index (κ1) is 20.1. The van der Waals surface area contributed by atoms with Gasteiger partial charge in [-0.15, -0.1) is 0 Å². The number of pyridine rings is 1. The van der Waals surface area contributed by atoms with Gasteiger partial charge in [-0.2, -0.15) is 4.98 Å². The number of ether oxygens (including phenoxy) is 1. The van der Waals surface area contributed by atoms with Crippen LogP contribution in [-0.2, 0) is 4.74 Å². The highest BCUT2D eigenvalue weighted by Crippen LogP contribution is 2.25. The van der Waals surface area contributed by atoms with Gasteiger partial charge in [0, 0.05) is 6.20 Å². The lowest BCUT2D eigenvalue weighted by molar-refractivity contribution is 0.182. The quantitative estimate of drug-likeness (QED) is 0.673. The Bertz CT molecular complexity index is 1060. The van der Waals surface area contributed by atoms with Crippen molar-refractivity contribution >= 4 is 22.9 Å². The standard InChI is InChI=1S/C23H23N3O3/c1-5-8-18(22-26-21-20(29-22)9-7-12-24-21)19(6-2)25-23(27)28-17-11-10-15(3)13-16(4)14-17/h5-9,11-14H,1,10H2,2-4H3,(H,25,27)/b18-8+,19-6+. The highest BCUT2D eigenvalue weighted by atomic mass is 16.6. The highest BCUT2D eigenvalue weighted by molar-refractivity contribution is 5.84. The SMILES string of the molecule is C=C/C=C(\C(=C/C)NC(=O)OC1=CCC(C)=CC(C)=C1)c1nc2ncccc2o1. The number of alkyl carbamates (subject to hydrolysis) is 1. The third-order valence-corrected chi connectivity index (χ3v) is 4.18. The third kappa shape index (κ3) is 4.99. The van der Waals surface area contributed by atoms with Gasteiger partial charge in [-0.3, -0.25) is 5.32 Å². The van der Waals surface area contributed by atoms with Crippen molar-refractivity contribution in [1.82, 2.24) is 15.3 Å². The molecule has 0 aromatic carbocycles. The Morgan fingerprint density at radius 2 is 2.17 bits per heavy atom. The fourth-order valence-electron chi connectivity index (χ4n) is 2.92. The molecule has 0 spiro atoms. The van der Waals surface area contributed by atoms with E-state index in [4.69, 9.17) is 9.15 Å². The number of allylic oxidation sites excluding steroid dienone is 9. The summed E-state index contributed by atoms with van der Waals surface area (Å²) in [5, 5.41) is 2.76. The van der Waals surface area contributed by atoms with Crippen LogP contribution in [0.25, 0.3) is 16.8 Å². The van der Waals surface area contributed by atoms with Gasteiger partial charge in [-0.25, -0.2) is 9.78 Å². The second-order valence-electron chi connectivity index (χ2n) is 6.57. The largest absolute Gasteiger partial charge is 0.434 e. The number of hydrogen-bond acceptors (Lipinski definition) is 5. The van der Waals surface area contributed by atoms with Crippen molar-refractivity contribution in [3.8, 4) is 0 Å². The summed E-state index contributed by atoms with van der Waals surface area (Å²) < 4.78 is 11.3. The van der Waals surface area contributed by atoms with E-state index in [1.807, 2.05) is 26.0 Å². The summed E-state index contributed by atoms with van der Waals surface area (Å²) in [7, 11) is 0. The van der Waals surface area contributed by atoms with Crippen LogP contribution in [-0.4, -0.2) is 16.1 Å². The predicted molar refractivity (Wildman–Crippen MR) is 114 cm³/mol. The van der Waals surface area contributed by atoms with Crippen LogP contribution in [0.15, 0.2) is 88.4 Å². The smallest absolute Gasteiger partial charge is 0.417 e. The van der Waals surface area contributed by atoms with E-state index in [1.165, 1.54) is 5.57 Å². The summed E-state index contributed by atoms with van der Waals surface area (Å²) in [4.78, 5) is 21.1. The van der Waals surface area contributed by atoms with E-state index in [-0.39, 0.29) is 0 Å². The molecule has 29 heavy (non-hydrogen) atoms. The van der Waals surface area contributed by atoms with Crippen LogP contribution in [0.2, 0.25) is 0 Å². The number of nitrogens with one attached hydrogen (secondary N) is 1. The van der Waals surface area contributed by atoms with Crippen LogP contribution >= 0.6 is 0 Å². The number of rotatable bonds is 5. The third-order valence-electron chi connectivity index (χ3n) is 4.18. The first-order chi connectivity index (χ1) is 14.0. The Kier molecular flexibility index (Phi) is 6.24. The Balaban J connectivity index is 1.80. The molecule has 0 atom stereocenters. The summed E-state index contributed by atoms with van der Waals surface area (Å²) in [6.45, 7) is 9.54. The summed E-state index contributed by atoms with van der Waals surface area (Å²) in [5.41, 5.74) is 4.33. The molecule has 1 aliphatic carbocycles. The van der Waals surface area contributed by atoms with Crippen molar-refractivity contribution in [3.63, 3.8) is 0 Å². The van der Waals surface area contributed by atoms with Crippen LogP contribution < -0.4 is 5.32 Å². The Labute approximate surface area is 169 Å². The topological polar surface area (TPSA) is 77.2 Å². The molecule has 2 aromatic heterocycles. The number of nitrogens with zero attached hydrogens (tertiary/aromatic N) is 2. The Hall–Kier alpha value is -3.67. The second-order valence-corrected chi connectivity index (χ2v) is 6.57. The molecule has 6 nitrogen and oxygen atoms in total. The summed E-state index contributed by atoms with van der Waals surface area (Å²) in [5.74, 6) is 0.833. The summed E-state index contributed by atoms with van der Waals surface area (Å²) in [6, 6.07) is 3.55. The number of oxazole rings is 1. The number of fused-ring (bicyclic) bond motifs is 1. The van der Waals surface area contributed by atoms with E-state index in [0.29, 0.717) is 34.2 Å². The Morgan fingerprint density at radius 1 is 1.34 bits per heavy atom. The first-order valence-corrected chi connectivity index (χ1v) is 9.26. The monoisotopic (exact) mass is 389 g/mol.